The number of phenols is 1. The van der Waals surface area contributed by atoms with E-state index in [1.807, 2.05) is 0 Å². The van der Waals surface area contributed by atoms with E-state index in [4.69, 9.17) is 10.5 Å². The Hall–Kier alpha value is -1.75. The van der Waals surface area contributed by atoms with Gasteiger partial charge in [0.1, 0.15) is 11.3 Å². The van der Waals surface area contributed by atoms with Crippen molar-refractivity contribution in [2.24, 2.45) is 0 Å². The third-order valence-corrected chi connectivity index (χ3v) is 2.45. The summed E-state index contributed by atoms with van der Waals surface area (Å²) in [6, 6.07) is 4.36. The van der Waals surface area contributed by atoms with Gasteiger partial charge in [0, 0.05) is 18.2 Å². The smallest absolute Gasteiger partial charge is 0.341 e. The Bertz CT molecular complexity index is 425. The fourth-order valence-corrected chi connectivity index (χ4v) is 1.50. The van der Waals surface area contributed by atoms with E-state index >= 15 is 0 Å². The number of hydrogen-bond donors (Lipinski definition) is 2. The average Bonchev–Trinajstić information content (AvgIpc) is 2.22. The third kappa shape index (κ3) is 4.63. The van der Waals surface area contributed by atoms with E-state index in [0.29, 0.717) is 12.3 Å². The minimum atomic E-state index is -0.520. The molecule has 5 heteroatoms. The molecule has 1 rings (SSSR count). The molecule has 0 atom stereocenters. The second-order valence-corrected chi connectivity index (χ2v) is 5.28. The zero-order valence-corrected chi connectivity index (χ0v) is 11.1. The number of anilines is 1. The molecule has 0 aromatic heterocycles. The molecule has 0 saturated carbocycles. The molecule has 0 aliphatic rings. The first-order valence-corrected chi connectivity index (χ1v) is 5.86. The van der Waals surface area contributed by atoms with Gasteiger partial charge < -0.3 is 20.1 Å². The lowest BCUT2D eigenvalue weighted by atomic mass is 10.2. The summed E-state index contributed by atoms with van der Waals surface area (Å²) in [5, 5.41) is 9.56. The van der Waals surface area contributed by atoms with Crippen molar-refractivity contribution in [2.45, 2.75) is 6.42 Å². The highest BCUT2D eigenvalue weighted by molar-refractivity contribution is 5.92. The van der Waals surface area contributed by atoms with Gasteiger partial charge in [0.25, 0.3) is 0 Å². The van der Waals surface area contributed by atoms with Gasteiger partial charge in [-0.25, -0.2) is 4.79 Å². The van der Waals surface area contributed by atoms with Crippen molar-refractivity contribution in [1.29, 1.82) is 0 Å². The molecule has 0 heterocycles. The fourth-order valence-electron chi connectivity index (χ4n) is 1.50. The Balaban J connectivity index is 2.46. The summed E-state index contributed by atoms with van der Waals surface area (Å²) >= 11 is 0. The second-order valence-electron chi connectivity index (χ2n) is 5.28. The van der Waals surface area contributed by atoms with Gasteiger partial charge in [-0.2, -0.15) is 0 Å². The van der Waals surface area contributed by atoms with Crippen LogP contribution in [0.25, 0.3) is 0 Å². The third-order valence-electron chi connectivity index (χ3n) is 2.45. The Morgan fingerprint density at radius 3 is 2.61 bits per heavy atom. The molecule has 5 nitrogen and oxygen atoms in total. The van der Waals surface area contributed by atoms with Crippen molar-refractivity contribution in [3.63, 3.8) is 0 Å². The maximum atomic E-state index is 11.7. The minimum Gasteiger partial charge on any atom is -0.507 e. The van der Waals surface area contributed by atoms with Crippen molar-refractivity contribution in [3.8, 4) is 5.75 Å². The van der Waals surface area contributed by atoms with Crippen LogP contribution in [0.1, 0.15) is 16.8 Å². The number of rotatable bonds is 5. The van der Waals surface area contributed by atoms with Gasteiger partial charge in [-0.05, 0) is 12.1 Å². The SMILES string of the molecule is C[N+](C)(C)CCCOC(=O)c1ccc(N)cc1O. The average molecular weight is 253 g/mol. The number of carbonyl (C=O) groups excluding carboxylic acids is 1. The van der Waals surface area contributed by atoms with Crippen LogP contribution < -0.4 is 5.73 Å². The van der Waals surface area contributed by atoms with E-state index in [9.17, 15) is 9.90 Å². The molecule has 18 heavy (non-hydrogen) atoms. The zero-order valence-electron chi connectivity index (χ0n) is 11.1. The fraction of sp³-hybridized carbons (Fsp3) is 0.462. The molecule has 100 valence electrons. The van der Waals surface area contributed by atoms with E-state index in [1.165, 1.54) is 12.1 Å². The monoisotopic (exact) mass is 253 g/mol. The van der Waals surface area contributed by atoms with E-state index in [-0.39, 0.29) is 11.3 Å². The molecule has 0 unspecified atom stereocenters. The van der Waals surface area contributed by atoms with Crippen molar-refractivity contribution < 1.29 is 19.1 Å². The number of quaternary nitrogens is 1. The second kappa shape index (κ2) is 5.73. The van der Waals surface area contributed by atoms with E-state index in [2.05, 4.69) is 21.1 Å². The zero-order chi connectivity index (χ0) is 13.8. The quantitative estimate of drug-likeness (QED) is 0.358. The van der Waals surface area contributed by atoms with Crippen LogP contribution in [0.3, 0.4) is 0 Å². The van der Waals surface area contributed by atoms with Gasteiger partial charge in [0.15, 0.2) is 0 Å². The lowest BCUT2D eigenvalue weighted by Gasteiger charge is -2.23. The highest BCUT2D eigenvalue weighted by Crippen LogP contribution is 2.20. The Morgan fingerprint density at radius 1 is 1.39 bits per heavy atom. The number of carbonyl (C=O) groups is 1. The molecule has 0 bridgehead atoms. The summed E-state index contributed by atoms with van der Waals surface area (Å²) in [6.07, 6.45) is 0.783. The number of nitrogens with zero attached hydrogens (tertiary/aromatic N) is 1. The van der Waals surface area contributed by atoms with E-state index in [0.717, 1.165) is 17.4 Å². The first-order chi connectivity index (χ1) is 8.29. The normalized spacial score (nSPS) is 11.3. The highest BCUT2D eigenvalue weighted by atomic mass is 16.5. The molecule has 0 fully saturated rings. The van der Waals surface area contributed by atoms with Crippen LogP contribution in [0.15, 0.2) is 18.2 Å². The molecule has 1 aromatic carbocycles. The number of hydrogen-bond acceptors (Lipinski definition) is 4. The van der Waals surface area contributed by atoms with Crippen molar-refractivity contribution in [3.05, 3.63) is 23.8 Å². The molecule has 0 saturated heterocycles. The number of benzene rings is 1. The maximum Gasteiger partial charge on any atom is 0.341 e. The number of nitrogen functional groups attached to an aromatic ring is 1. The summed E-state index contributed by atoms with van der Waals surface area (Å²) in [5.74, 6) is -0.666. The van der Waals surface area contributed by atoms with Crippen LogP contribution in [-0.2, 0) is 4.74 Å². The van der Waals surface area contributed by atoms with Crippen LogP contribution in [-0.4, -0.2) is 49.9 Å². The van der Waals surface area contributed by atoms with Crippen LogP contribution in [0.5, 0.6) is 5.75 Å². The minimum absolute atomic E-state index is 0.147. The van der Waals surface area contributed by atoms with Gasteiger partial charge >= 0.3 is 5.97 Å². The van der Waals surface area contributed by atoms with Gasteiger partial charge in [-0.1, -0.05) is 0 Å². The Kier molecular flexibility index (Phi) is 4.55. The predicted molar refractivity (Wildman–Crippen MR) is 70.3 cm³/mol. The van der Waals surface area contributed by atoms with Gasteiger partial charge in [0.2, 0.25) is 0 Å². The summed E-state index contributed by atoms with van der Waals surface area (Å²) in [6.45, 7) is 1.26. The molecular formula is C13H21N2O3+. The first kappa shape index (κ1) is 14.3. The Labute approximate surface area is 107 Å². The number of aromatic hydroxyl groups is 1. The van der Waals surface area contributed by atoms with Crippen LogP contribution in [0.2, 0.25) is 0 Å². The van der Waals surface area contributed by atoms with Crippen molar-refractivity contribution >= 4 is 11.7 Å². The van der Waals surface area contributed by atoms with Crippen LogP contribution >= 0.6 is 0 Å². The van der Waals surface area contributed by atoms with Gasteiger partial charge in [-0.15, -0.1) is 0 Å². The van der Waals surface area contributed by atoms with E-state index in [1.54, 1.807) is 6.07 Å². The van der Waals surface area contributed by atoms with Crippen LogP contribution in [0.4, 0.5) is 5.69 Å². The summed E-state index contributed by atoms with van der Waals surface area (Å²) in [4.78, 5) is 11.7. The van der Waals surface area contributed by atoms with E-state index < -0.39 is 5.97 Å². The first-order valence-electron chi connectivity index (χ1n) is 5.86. The molecule has 0 amide bonds. The Morgan fingerprint density at radius 2 is 2.06 bits per heavy atom. The molecule has 0 aliphatic carbocycles. The summed E-state index contributed by atoms with van der Waals surface area (Å²) < 4.78 is 5.92. The molecule has 0 spiro atoms. The molecule has 1 aromatic rings. The molecule has 0 aliphatic heterocycles. The van der Waals surface area contributed by atoms with Gasteiger partial charge in [0.05, 0.1) is 34.3 Å². The summed E-state index contributed by atoms with van der Waals surface area (Å²) in [7, 11) is 6.23. The number of esters is 1. The predicted octanol–water partition coefficient (Wildman–Crippen LogP) is 1.23. The largest absolute Gasteiger partial charge is 0.507 e. The molecular weight excluding hydrogens is 232 g/mol. The molecule has 3 N–H and O–H groups in total. The number of ether oxygens (including phenoxy) is 1. The highest BCUT2D eigenvalue weighted by Gasteiger charge is 2.13. The lowest BCUT2D eigenvalue weighted by Crippen LogP contribution is -2.35. The summed E-state index contributed by atoms with van der Waals surface area (Å²) in [5.41, 5.74) is 6.04. The van der Waals surface area contributed by atoms with Crippen LogP contribution in [0, 0.1) is 0 Å². The lowest BCUT2D eigenvalue weighted by molar-refractivity contribution is -0.870. The number of phenolic OH excluding ortho intramolecular Hbond substituents is 1. The van der Waals surface area contributed by atoms with Crippen molar-refractivity contribution in [1.82, 2.24) is 0 Å². The van der Waals surface area contributed by atoms with Crippen molar-refractivity contribution in [2.75, 3.05) is 40.0 Å². The van der Waals surface area contributed by atoms with Gasteiger partial charge in [-0.3, -0.25) is 0 Å². The number of nitrogens with two attached hydrogens (primary N) is 1. The topological polar surface area (TPSA) is 72.5 Å². The standard InChI is InChI=1S/C13H20N2O3/c1-15(2,3)7-4-8-18-13(17)11-6-5-10(14)9-12(11)16/h5-6,9H,4,7-8H2,1-3H3,(H2-,14,16,17)/p+1. The maximum absolute atomic E-state index is 11.7. The molecule has 0 radical (unpaired) electrons.